The number of halogens is 1. The first-order valence-electron chi connectivity index (χ1n) is 5.91. The number of hydrogen-bond donors (Lipinski definition) is 1. The van der Waals surface area contributed by atoms with Crippen LogP contribution < -0.4 is 5.73 Å². The zero-order valence-electron chi connectivity index (χ0n) is 11.1. The Morgan fingerprint density at radius 3 is 2.67 bits per heavy atom. The molecule has 0 amide bonds. The minimum atomic E-state index is -3.54. The highest BCUT2D eigenvalue weighted by Gasteiger charge is 2.23. The number of hydrogen-bond acceptors (Lipinski definition) is 4. The fourth-order valence-corrected chi connectivity index (χ4v) is 4.89. The molecule has 0 saturated carbocycles. The molecule has 0 unspecified atom stereocenters. The van der Waals surface area contributed by atoms with Crippen LogP contribution in [0.2, 0.25) is 0 Å². The number of thiocarbonyl (C=S) groups is 1. The van der Waals surface area contributed by atoms with E-state index in [4.69, 9.17) is 18.0 Å². The van der Waals surface area contributed by atoms with E-state index in [9.17, 15) is 8.42 Å². The lowest BCUT2D eigenvalue weighted by Gasteiger charge is -2.16. The first kappa shape index (κ1) is 16.6. The molecule has 0 aliphatic heterocycles. The van der Waals surface area contributed by atoms with Gasteiger partial charge in [0, 0.05) is 18.1 Å². The molecule has 1 heterocycles. The van der Waals surface area contributed by atoms with Crippen molar-refractivity contribution in [1.82, 2.24) is 4.31 Å². The highest BCUT2D eigenvalue weighted by molar-refractivity contribution is 9.10. The van der Waals surface area contributed by atoms with Crippen LogP contribution in [0.5, 0.6) is 0 Å². The number of sulfonamides is 1. The van der Waals surface area contributed by atoms with Crippen molar-refractivity contribution in [2.45, 2.75) is 10.8 Å². The van der Waals surface area contributed by atoms with Gasteiger partial charge >= 0.3 is 0 Å². The van der Waals surface area contributed by atoms with Gasteiger partial charge in [-0.3, -0.25) is 0 Å². The Hall–Kier alpha value is -0.800. The van der Waals surface area contributed by atoms with Gasteiger partial charge in [-0.25, -0.2) is 8.42 Å². The molecule has 0 radical (unpaired) electrons. The van der Waals surface area contributed by atoms with E-state index in [1.165, 1.54) is 10.4 Å². The molecule has 8 heteroatoms. The van der Waals surface area contributed by atoms with E-state index in [-0.39, 0.29) is 9.20 Å². The second kappa shape index (κ2) is 6.53. The van der Waals surface area contributed by atoms with Crippen LogP contribution in [0.4, 0.5) is 0 Å². The first-order valence-corrected chi connectivity index (χ1v) is 9.37. The van der Waals surface area contributed by atoms with E-state index >= 15 is 0 Å². The maximum Gasteiger partial charge on any atom is 0.252 e. The van der Waals surface area contributed by atoms with Gasteiger partial charge in [-0.15, -0.1) is 11.3 Å². The summed E-state index contributed by atoms with van der Waals surface area (Å²) < 4.78 is 27.5. The van der Waals surface area contributed by atoms with Crippen molar-refractivity contribution in [1.29, 1.82) is 0 Å². The maximum atomic E-state index is 12.5. The van der Waals surface area contributed by atoms with Crippen LogP contribution in [0.15, 0.2) is 45.1 Å². The highest BCUT2D eigenvalue weighted by atomic mass is 79.9. The quantitative estimate of drug-likeness (QED) is 0.777. The minimum Gasteiger partial charge on any atom is -0.389 e. The molecule has 0 bridgehead atoms. The lowest BCUT2D eigenvalue weighted by Crippen LogP contribution is -2.25. The summed E-state index contributed by atoms with van der Waals surface area (Å²) in [6.07, 6.45) is 0. The predicted molar refractivity (Wildman–Crippen MR) is 93.0 cm³/mol. The van der Waals surface area contributed by atoms with E-state index in [0.717, 1.165) is 21.4 Å². The third-order valence-electron chi connectivity index (χ3n) is 2.78. The molecule has 2 N–H and O–H groups in total. The Labute approximate surface area is 141 Å². The second-order valence-electron chi connectivity index (χ2n) is 4.37. The third-order valence-corrected chi connectivity index (χ3v) is 7.01. The van der Waals surface area contributed by atoms with Gasteiger partial charge in [0.1, 0.15) is 9.20 Å². The summed E-state index contributed by atoms with van der Waals surface area (Å²) in [6.45, 7) is 0.294. The van der Waals surface area contributed by atoms with Crippen molar-refractivity contribution >= 4 is 54.5 Å². The Kier molecular flexibility index (Phi) is 5.15. The summed E-state index contributed by atoms with van der Waals surface area (Å²) in [4.78, 5) is 0.801. The molecule has 0 aliphatic rings. The van der Waals surface area contributed by atoms with Gasteiger partial charge in [0.25, 0.3) is 10.0 Å². The Morgan fingerprint density at radius 1 is 1.38 bits per heavy atom. The standard InChI is InChI=1S/C13H13BrN2O2S3/c1-16(8-9-3-2-4-10(14)7-9)21(17,18)12-6-5-11(20-12)13(15)19/h2-7H,8H2,1H3,(H2,15,19). The zero-order chi connectivity index (χ0) is 15.6. The molecule has 112 valence electrons. The fraction of sp³-hybridized carbons (Fsp3) is 0.154. The van der Waals surface area contributed by atoms with E-state index in [1.807, 2.05) is 24.3 Å². The molecule has 4 nitrogen and oxygen atoms in total. The van der Waals surface area contributed by atoms with Crippen LogP contribution in [0.25, 0.3) is 0 Å². The van der Waals surface area contributed by atoms with Crippen molar-refractivity contribution in [2.75, 3.05) is 7.05 Å². The monoisotopic (exact) mass is 404 g/mol. The van der Waals surface area contributed by atoms with Gasteiger partial charge in [0.2, 0.25) is 0 Å². The number of nitrogens with zero attached hydrogens (tertiary/aromatic N) is 1. The Bertz CT molecular complexity index is 771. The van der Waals surface area contributed by atoms with E-state index < -0.39 is 10.0 Å². The molecule has 0 atom stereocenters. The summed E-state index contributed by atoms with van der Waals surface area (Å²) in [7, 11) is -1.99. The van der Waals surface area contributed by atoms with Gasteiger partial charge in [-0.05, 0) is 29.8 Å². The molecular weight excluding hydrogens is 392 g/mol. The van der Waals surface area contributed by atoms with Crippen molar-refractivity contribution in [3.63, 3.8) is 0 Å². The van der Waals surface area contributed by atoms with Crippen LogP contribution in [-0.2, 0) is 16.6 Å². The summed E-state index contributed by atoms with van der Waals surface area (Å²) in [5, 5.41) is 0. The van der Waals surface area contributed by atoms with Gasteiger partial charge < -0.3 is 5.73 Å². The summed E-state index contributed by atoms with van der Waals surface area (Å²) in [5.74, 6) is 0. The van der Waals surface area contributed by atoms with Crippen LogP contribution in [0, 0.1) is 0 Å². The molecule has 0 fully saturated rings. The maximum absolute atomic E-state index is 12.5. The normalized spacial score (nSPS) is 11.8. The molecule has 0 aliphatic carbocycles. The average molecular weight is 405 g/mol. The Morgan fingerprint density at radius 2 is 2.10 bits per heavy atom. The second-order valence-corrected chi connectivity index (χ2v) is 9.08. The van der Waals surface area contributed by atoms with Crippen LogP contribution in [0.3, 0.4) is 0 Å². The SMILES string of the molecule is CN(Cc1cccc(Br)c1)S(=O)(=O)c1ccc(C(N)=S)s1. The topological polar surface area (TPSA) is 63.4 Å². The average Bonchev–Trinajstić information content (AvgIpc) is 2.89. The van der Waals surface area contributed by atoms with Crippen LogP contribution in [0.1, 0.15) is 10.4 Å². The molecule has 2 aromatic rings. The highest BCUT2D eigenvalue weighted by Crippen LogP contribution is 2.25. The van der Waals surface area contributed by atoms with Crippen molar-refractivity contribution < 1.29 is 8.42 Å². The van der Waals surface area contributed by atoms with E-state index in [2.05, 4.69) is 15.9 Å². The van der Waals surface area contributed by atoms with E-state index in [0.29, 0.717) is 11.4 Å². The third kappa shape index (κ3) is 3.89. The van der Waals surface area contributed by atoms with Crippen molar-refractivity contribution in [3.05, 3.63) is 51.3 Å². The number of rotatable bonds is 5. The van der Waals surface area contributed by atoms with Gasteiger partial charge in [-0.2, -0.15) is 4.31 Å². The number of benzene rings is 1. The molecule has 0 spiro atoms. The minimum absolute atomic E-state index is 0.205. The lowest BCUT2D eigenvalue weighted by molar-refractivity contribution is 0.468. The molecule has 0 saturated heterocycles. The first-order chi connectivity index (χ1) is 9.80. The molecule has 21 heavy (non-hydrogen) atoms. The summed E-state index contributed by atoms with van der Waals surface area (Å²) >= 11 is 9.32. The fourth-order valence-electron chi connectivity index (χ4n) is 1.72. The van der Waals surface area contributed by atoms with Crippen LogP contribution >= 0.6 is 39.5 Å². The van der Waals surface area contributed by atoms with Crippen molar-refractivity contribution in [2.24, 2.45) is 5.73 Å². The largest absolute Gasteiger partial charge is 0.389 e. The predicted octanol–water partition coefficient (Wildman–Crippen LogP) is 2.97. The number of thiophene rings is 1. The smallest absolute Gasteiger partial charge is 0.252 e. The molecule has 2 rings (SSSR count). The van der Waals surface area contributed by atoms with Gasteiger partial charge in [-0.1, -0.05) is 40.3 Å². The van der Waals surface area contributed by atoms with Crippen molar-refractivity contribution in [3.8, 4) is 0 Å². The van der Waals surface area contributed by atoms with Gasteiger partial charge in [0.15, 0.2) is 0 Å². The number of nitrogens with two attached hydrogens (primary N) is 1. The lowest BCUT2D eigenvalue weighted by atomic mass is 10.2. The molecule has 1 aromatic carbocycles. The summed E-state index contributed by atoms with van der Waals surface area (Å²) in [5.41, 5.74) is 6.42. The Balaban J connectivity index is 2.23. The molecular formula is C13H13BrN2O2S3. The van der Waals surface area contributed by atoms with E-state index in [1.54, 1.807) is 13.1 Å². The van der Waals surface area contributed by atoms with Crippen LogP contribution in [-0.4, -0.2) is 24.8 Å². The van der Waals surface area contributed by atoms with Gasteiger partial charge in [0.05, 0.1) is 4.88 Å². The zero-order valence-corrected chi connectivity index (χ0v) is 15.2. The molecule has 1 aromatic heterocycles. The summed E-state index contributed by atoms with van der Waals surface area (Å²) in [6, 6.07) is 10.7.